The van der Waals surface area contributed by atoms with Crippen LogP contribution < -0.4 is 4.90 Å². The number of amides is 2. The van der Waals surface area contributed by atoms with Crippen LogP contribution in [0.15, 0.2) is 28.3 Å². The van der Waals surface area contributed by atoms with Gasteiger partial charge in [0.2, 0.25) is 0 Å². The zero-order chi connectivity index (χ0) is 14.3. The first-order valence-electron chi connectivity index (χ1n) is 5.34. The van der Waals surface area contributed by atoms with Gasteiger partial charge in [-0.3, -0.25) is 19.7 Å². The Balaban J connectivity index is 2.58. The minimum absolute atomic E-state index is 0.136. The third-order valence-electron chi connectivity index (χ3n) is 2.80. The molecule has 0 aromatic heterocycles. The van der Waals surface area contributed by atoms with Crippen molar-refractivity contribution >= 4 is 39.1 Å². The molecule has 7 heteroatoms. The zero-order valence-electron chi connectivity index (χ0n) is 10.1. The Morgan fingerprint density at radius 2 is 1.89 bits per heavy atom. The highest BCUT2D eigenvalue weighted by molar-refractivity contribution is 9.10. The fraction of sp³-hybridized carbons (Fsp3) is 0.167. The molecule has 0 fully saturated rings. The summed E-state index contributed by atoms with van der Waals surface area (Å²) in [7, 11) is 0. The number of hydrogen-bond acceptors (Lipinski definition) is 4. The van der Waals surface area contributed by atoms with Crippen molar-refractivity contribution in [1.29, 1.82) is 0 Å². The van der Waals surface area contributed by atoms with Crippen molar-refractivity contribution in [2.24, 2.45) is 0 Å². The molecule has 0 radical (unpaired) electrons. The zero-order valence-corrected chi connectivity index (χ0v) is 11.7. The second kappa shape index (κ2) is 4.58. The van der Waals surface area contributed by atoms with Crippen LogP contribution in [0.5, 0.6) is 0 Å². The fourth-order valence-electron chi connectivity index (χ4n) is 1.83. The summed E-state index contributed by atoms with van der Waals surface area (Å²) in [6, 6.07) is 2.74. The molecule has 6 nitrogen and oxygen atoms in total. The Hall–Kier alpha value is -2.02. The van der Waals surface area contributed by atoms with Crippen molar-refractivity contribution in [1.82, 2.24) is 0 Å². The molecule has 0 aliphatic carbocycles. The van der Waals surface area contributed by atoms with Crippen LogP contribution in [0, 0.1) is 17.0 Å². The summed E-state index contributed by atoms with van der Waals surface area (Å²) in [4.78, 5) is 34.9. The second-order valence-electron chi connectivity index (χ2n) is 4.15. The van der Waals surface area contributed by atoms with Gasteiger partial charge in [-0.25, -0.2) is 4.90 Å². The van der Waals surface area contributed by atoms with Crippen molar-refractivity contribution in [3.8, 4) is 0 Å². The van der Waals surface area contributed by atoms with Gasteiger partial charge in [-0.1, -0.05) is 0 Å². The number of benzene rings is 1. The molecular formula is C12H9BrN2O4. The Labute approximate surface area is 117 Å². The van der Waals surface area contributed by atoms with Crippen molar-refractivity contribution < 1.29 is 14.5 Å². The summed E-state index contributed by atoms with van der Waals surface area (Å²) in [5.74, 6) is -0.967. The molecule has 0 spiro atoms. The number of hydrogen-bond donors (Lipinski definition) is 0. The van der Waals surface area contributed by atoms with E-state index in [0.717, 1.165) is 4.90 Å². The molecule has 98 valence electrons. The van der Waals surface area contributed by atoms with E-state index >= 15 is 0 Å². The summed E-state index contributed by atoms with van der Waals surface area (Å²) in [6.07, 6.45) is 1.21. The number of nitro benzene ring substituents is 1. The Bertz CT molecular complexity index is 651. The van der Waals surface area contributed by atoms with Gasteiger partial charge in [-0.15, -0.1) is 0 Å². The summed E-state index contributed by atoms with van der Waals surface area (Å²) in [6.45, 7) is 3.11. The van der Waals surface area contributed by atoms with E-state index in [1.165, 1.54) is 25.1 Å². The van der Waals surface area contributed by atoms with Gasteiger partial charge in [0, 0.05) is 27.8 Å². The Kier molecular flexibility index (Phi) is 3.23. The lowest BCUT2D eigenvalue weighted by atomic mass is 10.1. The van der Waals surface area contributed by atoms with Gasteiger partial charge in [0.05, 0.1) is 10.6 Å². The van der Waals surface area contributed by atoms with E-state index in [-0.39, 0.29) is 11.4 Å². The maximum absolute atomic E-state index is 11.9. The fourth-order valence-corrected chi connectivity index (χ4v) is 2.47. The van der Waals surface area contributed by atoms with Crippen LogP contribution in [0.2, 0.25) is 0 Å². The molecule has 0 N–H and O–H groups in total. The highest BCUT2D eigenvalue weighted by atomic mass is 79.9. The van der Waals surface area contributed by atoms with Gasteiger partial charge in [0.1, 0.15) is 0 Å². The second-order valence-corrected chi connectivity index (χ2v) is 5.01. The van der Waals surface area contributed by atoms with Gasteiger partial charge in [-0.05, 0) is 35.8 Å². The van der Waals surface area contributed by atoms with Crippen LogP contribution in [-0.2, 0) is 9.59 Å². The molecule has 19 heavy (non-hydrogen) atoms. The van der Waals surface area contributed by atoms with E-state index in [4.69, 9.17) is 0 Å². The monoisotopic (exact) mass is 324 g/mol. The maximum Gasteiger partial charge on any atom is 0.274 e. The number of carbonyl (C=O) groups excluding carboxylic acids is 2. The first-order chi connectivity index (χ1) is 8.82. The topological polar surface area (TPSA) is 80.5 Å². The van der Waals surface area contributed by atoms with Gasteiger partial charge < -0.3 is 0 Å². The number of halogens is 1. The minimum Gasteiger partial charge on any atom is -0.269 e. The highest BCUT2D eigenvalue weighted by Gasteiger charge is 2.32. The lowest BCUT2D eigenvalue weighted by molar-refractivity contribution is -0.385. The molecule has 0 unspecified atom stereocenters. The third-order valence-corrected chi connectivity index (χ3v) is 3.44. The van der Waals surface area contributed by atoms with Gasteiger partial charge >= 0.3 is 0 Å². The predicted octanol–water partition coefficient (Wildman–Crippen LogP) is 2.49. The average molecular weight is 325 g/mol. The number of nitro groups is 1. The molecule has 1 aliphatic heterocycles. The number of nitrogens with zero attached hydrogens (tertiary/aromatic N) is 2. The lowest BCUT2D eigenvalue weighted by Gasteiger charge is -2.16. The SMILES string of the molecule is CC1=CC(=O)N(c2cc([N+](=O)[O-])c(C)cc2Br)C1=O. The van der Waals surface area contributed by atoms with E-state index < -0.39 is 16.7 Å². The first kappa shape index (κ1) is 13.4. The van der Waals surface area contributed by atoms with E-state index in [1.807, 2.05) is 0 Å². The minimum atomic E-state index is -0.545. The maximum atomic E-state index is 11.9. The van der Waals surface area contributed by atoms with Crippen molar-refractivity contribution in [3.63, 3.8) is 0 Å². The molecule has 2 rings (SSSR count). The molecule has 0 bridgehead atoms. The van der Waals surface area contributed by atoms with Crippen LogP contribution in [0.1, 0.15) is 12.5 Å². The molecule has 1 aromatic rings. The number of anilines is 1. The number of rotatable bonds is 2. The predicted molar refractivity (Wildman–Crippen MR) is 71.8 cm³/mol. The van der Waals surface area contributed by atoms with Crippen LogP contribution >= 0.6 is 15.9 Å². The molecule has 2 amide bonds. The third kappa shape index (κ3) is 2.17. The van der Waals surface area contributed by atoms with Crippen molar-refractivity contribution in [2.45, 2.75) is 13.8 Å². The lowest BCUT2D eigenvalue weighted by Crippen LogP contribution is -2.31. The van der Waals surface area contributed by atoms with Crippen LogP contribution in [-0.4, -0.2) is 16.7 Å². The highest BCUT2D eigenvalue weighted by Crippen LogP contribution is 2.35. The smallest absolute Gasteiger partial charge is 0.269 e. The van der Waals surface area contributed by atoms with Crippen LogP contribution in [0.25, 0.3) is 0 Å². The Morgan fingerprint density at radius 1 is 1.26 bits per heavy atom. The van der Waals surface area contributed by atoms with Gasteiger partial charge in [-0.2, -0.15) is 0 Å². The number of imide groups is 1. The number of aryl methyl sites for hydroxylation is 1. The van der Waals surface area contributed by atoms with Gasteiger partial charge in [0.15, 0.2) is 0 Å². The number of carbonyl (C=O) groups is 2. The van der Waals surface area contributed by atoms with Gasteiger partial charge in [0.25, 0.3) is 17.5 Å². The molecular weight excluding hydrogens is 316 g/mol. The molecule has 1 aromatic carbocycles. The first-order valence-corrected chi connectivity index (χ1v) is 6.13. The molecule has 1 heterocycles. The average Bonchev–Trinajstić information content (AvgIpc) is 2.54. The molecule has 0 saturated heterocycles. The van der Waals surface area contributed by atoms with E-state index in [0.29, 0.717) is 15.6 Å². The van der Waals surface area contributed by atoms with Crippen molar-refractivity contribution in [3.05, 3.63) is 43.9 Å². The van der Waals surface area contributed by atoms with E-state index in [1.54, 1.807) is 6.92 Å². The Morgan fingerprint density at radius 3 is 2.37 bits per heavy atom. The summed E-state index contributed by atoms with van der Waals surface area (Å²) < 4.78 is 0.459. The molecule has 1 aliphatic rings. The largest absolute Gasteiger partial charge is 0.274 e. The van der Waals surface area contributed by atoms with E-state index in [9.17, 15) is 19.7 Å². The van der Waals surface area contributed by atoms with Crippen molar-refractivity contribution in [2.75, 3.05) is 4.90 Å². The quantitative estimate of drug-likeness (QED) is 0.475. The molecule has 0 saturated carbocycles. The van der Waals surface area contributed by atoms with E-state index in [2.05, 4.69) is 15.9 Å². The normalized spacial score (nSPS) is 14.9. The van der Waals surface area contributed by atoms with Crippen LogP contribution in [0.4, 0.5) is 11.4 Å². The summed E-state index contributed by atoms with van der Waals surface area (Å²) in [5, 5.41) is 10.9. The van der Waals surface area contributed by atoms with Crippen LogP contribution in [0.3, 0.4) is 0 Å². The summed E-state index contributed by atoms with van der Waals surface area (Å²) >= 11 is 3.22. The summed E-state index contributed by atoms with van der Waals surface area (Å²) in [5.41, 5.74) is 0.799. The molecule has 0 atom stereocenters. The standard InChI is InChI=1S/C12H9BrN2O4/c1-6-3-8(13)10(5-9(6)15(18)19)14-11(16)4-7(2)12(14)17/h3-5H,1-2H3.